The number of ether oxygens (including phenoxy) is 2. The van der Waals surface area contributed by atoms with Crippen LogP contribution in [0.5, 0.6) is 11.5 Å². The molecule has 0 atom stereocenters. The van der Waals surface area contributed by atoms with Gasteiger partial charge in [-0.25, -0.2) is 0 Å². The molecule has 0 saturated carbocycles. The zero-order valence-corrected chi connectivity index (χ0v) is 23.2. The SMILES string of the molecule is CCOc1cc(/C=C2\C(=O)NC(=S)N(c3ccc(CC)cc3)C2=O)cc(Br)c1OCc1cccc(C)c1. The second kappa shape index (κ2) is 11.7. The van der Waals surface area contributed by atoms with Crippen LogP contribution in [0.25, 0.3) is 6.08 Å². The van der Waals surface area contributed by atoms with Gasteiger partial charge in [-0.15, -0.1) is 0 Å². The van der Waals surface area contributed by atoms with Crippen LogP contribution in [0.2, 0.25) is 0 Å². The molecule has 1 N–H and O–H groups in total. The van der Waals surface area contributed by atoms with Crippen LogP contribution < -0.4 is 19.7 Å². The quantitative estimate of drug-likeness (QED) is 0.198. The van der Waals surface area contributed by atoms with Crippen molar-refractivity contribution in [1.29, 1.82) is 0 Å². The summed E-state index contributed by atoms with van der Waals surface area (Å²) >= 11 is 8.89. The number of aryl methyl sites for hydroxylation is 2. The van der Waals surface area contributed by atoms with Crippen LogP contribution in [0.3, 0.4) is 0 Å². The Morgan fingerprint density at radius 1 is 1.00 bits per heavy atom. The second-order valence-electron chi connectivity index (χ2n) is 8.52. The van der Waals surface area contributed by atoms with Gasteiger partial charge in [0, 0.05) is 0 Å². The molecule has 0 aromatic heterocycles. The molecule has 1 heterocycles. The highest BCUT2D eigenvalue weighted by molar-refractivity contribution is 9.10. The van der Waals surface area contributed by atoms with Crippen molar-refractivity contribution < 1.29 is 19.1 Å². The molecule has 1 aliphatic rings. The summed E-state index contributed by atoms with van der Waals surface area (Å²) in [5.74, 6) is 0.00321. The van der Waals surface area contributed by atoms with Crippen molar-refractivity contribution in [3.63, 3.8) is 0 Å². The molecule has 190 valence electrons. The molecule has 2 amide bonds. The maximum absolute atomic E-state index is 13.4. The molecule has 0 bridgehead atoms. The fourth-order valence-corrected chi connectivity index (χ4v) is 4.83. The van der Waals surface area contributed by atoms with Crippen LogP contribution in [0.15, 0.2) is 70.7 Å². The van der Waals surface area contributed by atoms with Gasteiger partial charge in [0.05, 0.1) is 16.8 Å². The molecule has 1 saturated heterocycles. The first-order valence-corrected chi connectivity index (χ1v) is 13.2. The summed E-state index contributed by atoms with van der Waals surface area (Å²) in [5, 5.41) is 2.68. The molecule has 3 aromatic carbocycles. The van der Waals surface area contributed by atoms with Crippen LogP contribution in [0, 0.1) is 6.92 Å². The molecule has 1 fully saturated rings. The van der Waals surface area contributed by atoms with Crippen molar-refractivity contribution in [2.24, 2.45) is 0 Å². The number of thiocarbonyl (C=S) groups is 1. The van der Waals surface area contributed by atoms with Gasteiger partial charge in [0.2, 0.25) is 0 Å². The minimum atomic E-state index is -0.551. The van der Waals surface area contributed by atoms with E-state index in [-0.39, 0.29) is 10.7 Å². The lowest BCUT2D eigenvalue weighted by Crippen LogP contribution is -2.54. The Kier molecular flexibility index (Phi) is 8.41. The van der Waals surface area contributed by atoms with E-state index in [4.69, 9.17) is 21.7 Å². The predicted octanol–water partition coefficient (Wildman–Crippen LogP) is 6.13. The van der Waals surface area contributed by atoms with E-state index in [1.54, 1.807) is 12.1 Å². The van der Waals surface area contributed by atoms with Crippen LogP contribution in [0.4, 0.5) is 5.69 Å². The van der Waals surface area contributed by atoms with Gasteiger partial charge in [-0.2, -0.15) is 0 Å². The monoisotopic (exact) mass is 578 g/mol. The third-order valence-corrected chi connectivity index (χ3v) is 6.69. The van der Waals surface area contributed by atoms with E-state index >= 15 is 0 Å². The van der Waals surface area contributed by atoms with E-state index in [1.807, 2.05) is 56.3 Å². The zero-order chi connectivity index (χ0) is 26.5. The maximum Gasteiger partial charge on any atom is 0.270 e. The van der Waals surface area contributed by atoms with E-state index in [1.165, 1.54) is 11.0 Å². The highest BCUT2D eigenvalue weighted by atomic mass is 79.9. The predicted molar refractivity (Wildman–Crippen MR) is 153 cm³/mol. The Morgan fingerprint density at radius 3 is 2.43 bits per heavy atom. The summed E-state index contributed by atoms with van der Waals surface area (Å²) < 4.78 is 12.6. The number of carbonyl (C=O) groups is 2. The van der Waals surface area contributed by atoms with Gasteiger partial charge in [0.15, 0.2) is 16.6 Å². The lowest BCUT2D eigenvalue weighted by atomic mass is 10.1. The van der Waals surface area contributed by atoms with E-state index in [2.05, 4.69) is 34.2 Å². The van der Waals surface area contributed by atoms with Gasteiger partial charge in [0.25, 0.3) is 11.8 Å². The highest BCUT2D eigenvalue weighted by Gasteiger charge is 2.34. The Labute approximate surface area is 230 Å². The van der Waals surface area contributed by atoms with Gasteiger partial charge in [-0.1, -0.05) is 48.9 Å². The zero-order valence-electron chi connectivity index (χ0n) is 20.8. The molecule has 0 aliphatic carbocycles. The van der Waals surface area contributed by atoms with Crippen molar-refractivity contribution in [3.05, 3.63) is 93.0 Å². The van der Waals surface area contributed by atoms with Gasteiger partial charge in [-0.05, 0) is 95.4 Å². The Bertz CT molecular complexity index is 1390. The minimum Gasteiger partial charge on any atom is -0.490 e. The fraction of sp³-hybridized carbons (Fsp3) is 0.207. The third kappa shape index (κ3) is 6.09. The molecule has 37 heavy (non-hydrogen) atoms. The smallest absolute Gasteiger partial charge is 0.270 e. The van der Waals surface area contributed by atoms with Crippen molar-refractivity contribution in [1.82, 2.24) is 5.32 Å². The summed E-state index contributed by atoms with van der Waals surface area (Å²) in [6.07, 6.45) is 2.41. The average Bonchev–Trinajstić information content (AvgIpc) is 2.86. The van der Waals surface area contributed by atoms with E-state index in [9.17, 15) is 9.59 Å². The molecule has 3 aromatic rings. The van der Waals surface area contributed by atoms with Gasteiger partial charge in [-0.3, -0.25) is 19.8 Å². The van der Waals surface area contributed by atoms with Gasteiger partial charge < -0.3 is 9.47 Å². The summed E-state index contributed by atoms with van der Waals surface area (Å²) in [6.45, 7) is 6.75. The molecule has 0 unspecified atom stereocenters. The van der Waals surface area contributed by atoms with Gasteiger partial charge in [0.1, 0.15) is 12.2 Å². The standard InChI is InChI=1S/C29H27BrN2O4S/c1-4-19-9-11-22(12-10-19)32-28(34)23(27(33)31-29(32)37)14-21-15-24(30)26(25(16-21)35-5-2)36-17-20-8-6-7-18(3)13-20/h6-16H,4-5,17H2,1-3H3,(H,31,33,37)/b23-14+. The number of benzene rings is 3. The number of amides is 2. The van der Waals surface area contributed by atoms with E-state index < -0.39 is 11.8 Å². The van der Waals surface area contributed by atoms with Crippen molar-refractivity contribution in [2.75, 3.05) is 11.5 Å². The number of carbonyl (C=O) groups excluding carboxylic acids is 2. The van der Waals surface area contributed by atoms with Crippen molar-refractivity contribution >= 4 is 56.8 Å². The molecule has 0 radical (unpaired) electrons. The molecular weight excluding hydrogens is 552 g/mol. The van der Waals surface area contributed by atoms with Crippen LogP contribution in [0.1, 0.15) is 36.1 Å². The molecular formula is C29H27BrN2O4S. The fourth-order valence-electron chi connectivity index (χ4n) is 3.97. The maximum atomic E-state index is 13.4. The first kappa shape index (κ1) is 26.6. The number of hydrogen-bond donors (Lipinski definition) is 1. The Morgan fingerprint density at radius 2 is 1.76 bits per heavy atom. The average molecular weight is 580 g/mol. The molecule has 8 heteroatoms. The second-order valence-corrected chi connectivity index (χ2v) is 9.76. The molecule has 0 spiro atoms. The summed E-state index contributed by atoms with van der Waals surface area (Å²) in [6, 6.07) is 19.1. The Balaban J connectivity index is 1.65. The number of anilines is 1. The molecule has 4 rings (SSSR count). The normalized spacial score (nSPS) is 14.6. The topological polar surface area (TPSA) is 67.9 Å². The summed E-state index contributed by atoms with van der Waals surface area (Å²) in [4.78, 5) is 27.5. The lowest BCUT2D eigenvalue weighted by Gasteiger charge is -2.29. The molecule has 1 aliphatic heterocycles. The van der Waals surface area contributed by atoms with Gasteiger partial charge >= 0.3 is 0 Å². The largest absolute Gasteiger partial charge is 0.490 e. The summed E-state index contributed by atoms with van der Waals surface area (Å²) in [5.41, 5.74) is 4.48. The number of rotatable bonds is 8. The van der Waals surface area contributed by atoms with Crippen molar-refractivity contribution in [3.8, 4) is 11.5 Å². The highest BCUT2D eigenvalue weighted by Crippen LogP contribution is 2.38. The number of nitrogens with one attached hydrogen (secondary N) is 1. The number of hydrogen-bond acceptors (Lipinski definition) is 5. The molecule has 6 nitrogen and oxygen atoms in total. The minimum absolute atomic E-state index is 0.0315. The van der Waals surface area contributed by atoms with Crippen LogP contribution >= 0.6 is 28.1 Å². The van der Waals surface area contributed by atoms with E-state index in [0.29, 0.717) is 40.4 Å². The Hall–Kier alpha value is -3.49. The third-order valence-electron chi connectivity index (χ3n) is 5.81. The first-order valence-electron chi connectivity index (χ1n) is 12.0. The number of halogens is 1. The van der Waals surface area contributed by atoms with Crippen LogP contribution in [-0.4, -0.2) is 23.5 Å². The first-order chi connectivity index (χ1) is 17.8. The summed E-state index contributed by atoms with van der Waals surface area (Å²) in [7, 11) is 0. The van der Waals surface area contributed by atoms with Crippen molar-refractivity contribution in [2.45, 2.75) is 33.8 Å². The van der Waals surface area contributed by atoms with E-state index in [0.717, 1.165) is 23.1 Å². The van der Waals surface area contributed by atoms with Crippen LogP contribution in [-0.2, 0) is 22.6 Å². The number of nitrogens with zero attached hydrogens (tertiary/aromatic N) is 1. The lowest BCUT2D eigenvalue weighted by molar-refractivity contribution is -0.122.